The molecule has 2 N–H and O–H groups in total. The van der Waals surface area contributed by atoms with Crippen LogP contribution in [0.5, 0.6) is 0 Å². The molecule has 7 heteroatoms. The van der Waals surface area contributed by atoms with Crippen molar-refractivity contribution in [1.82, 2.24) is 25.4 Å². The molecule has 23 heavy (non-hydrogen) atoms. The number of rotatable bonds is 5. The van der Waals surface area contributed by atoms with Crippen molar-refractivity contribution < 1.29 is 9.53 Å². The van der Waals surface area contributed by atoms with E-state index < -0.39 is 0 Å². The number of likely N-dealkylation sites (tertiary alicyclic amines) is 1. The molecule has 1 atom stereocenters. The Morgan fingerprint density at radius 1 is 1.43 bits per heavy atom. The number of urea groups is 1. The first-order valence-electron chi connectivity index (χ1n) is 7.80. The largest absolute Gasteiger partial charge is 0.383 e. The van der Waals surface area contributed by atoms with E-state index in [4.69, 9.17) is 4.74 Å². The van der Waals surface area contributed by atoms with E-state index in [2.05, 4.69) is 20.5 Å². The number of carbonyl (C=O) groups excluding carboxylic acids is 1. The zero-order chi connectivity index (χ0) is 16.1. The SMILES string of the molecule is COCCNC(=O)N1CCCC1c1nc(-c2ccccc2)n[nH]1. The predicted molar refractivity (Wildman–Crippen MR) is 85.8 cm³/mol. The van der Waals surface area contributed by atoms with Crippen LogP contribution in [-0.2, 0) is 4.74 Å². The molecule has 1 aliphatic rings. The van der Waals surface area contributed by atoms with Gasteiger partial charge in [-0.1, -0.05) is 30.3 Å². The Morgan fingerprint density at radius 3 is 3.04 bits per heavy atom. The number of nitrogens with one attached hydrogen (secondary N) is 2. The summed E-state index contributed by atoms with van der Waals surface area (Å²) in [5, 5.41) is 10.1. The molecule has 0 bridgehead atoms. The molecule has 1 saturated heterocycles. The summed E-state index contributed by atoms with van der Waals surface area (Å²) in [6, 6.07) is 9.67. The van der Waals surface area contributed by atoms with E-state index in [0.29, 0.717) is 19.0 Å². The molecule has 2 heterocycles. The molecule has 0 aliphatic carbocycles. The monoisotopic (exact) mass is 315 g/mol. The van der Waals surface area contributed by atoms with Crippen molar-refractivity contribution in [2.45, 2.75) is 18.9 Å². The Kier molecular flexibility index (Phi) is 4.87. The van der Waals surface area contributed by atoms with E-state index in [1.54, 1.807) is 7.11 Å². The predicted octanol–water partition coefficient (Wildman–Crippen LogP) is 1.96. The fourth-order valence-corrected chi connectivity index (χ4v) is 2.80. The maximum Gasteiger partial charge on any atom is 0.318 e. The molecule has 1 unspecified atom stereocenters. The number of methoxy groups -OCH3 is 1. The van der Waals surface area contributed by atoms with Gasteiger partial charge in [-0.15, -0.1) is 0 Å². The molecule has 122 valence electrons. The maximum absolute atomic E-state index is 12.3. The number of aromatic amines is 1. The summed E-state index contributed by atoms with van der Waals surface area (Å²) >= 11 is 0. The minimum Gasteiger partial charge on any atom is -0.383 e. The summed E-state index contributed by atoms with van der Waals surface area (Å²) in [6.45, 7) is 1.74. The van der Waals surface area contributed by atoms with Crippen LogP contribution in [0.1, 0.15) is 24.7 Å². The third-order valence-corrected chi connectivity index (χ3v) is 3.95. The van der Waals surface area contributed by atoms with Crippen LogP contribution in [0, 0.1) is 0 Å². The number of H-pyrrole nitrogens is 1. The Labute approximate surface area is 135 Å². The number of hydrogen-bond donors (Lipinski definition) is 2. The fourth-order valence-electron chi connectivity index (χ4n) is 2.80. The topological polar surface area (TPSA) is 83.1 Å². The van der Waals surface area contributed by atoms with Gasteiger partial charge >= 0.3 is 6.03 Å². The Bertz CT molecular complexity index is 643. The minimum atomic E-state index is -0.0813. The van der Waals surface area contributed by atoms with Crippen LogP contribution in [0.15, 0.2) is 30.3 Å². The van der Waals surface area contributed by atoms with Crippen molar-refractivity contribution in [2.75, 3.05) is 26.8 Å². The highest BCUT2D eigenvalue weighted by molar-refractivity contribution is 5.75. The normalized spacial score (nSPS) is 17.4. The van der Waals surface area contributed by atoms with Crippen molar-refractivity contribution in [3.8, 4) is 11.4 Å². The van der Waals surface area contributed by atoms with Crippen LogP contribution in [0.2, 0.25) is 0 Å². The van der Waals surface area contributed by atoms with Crippen LogP contribution in [0.4, 0.5) is 4.79 Å². The van der Waals surface area contributed by atoms with Crippen LogP contribution in [0.3, 0.4) is 0 Å². The molecule has 2 amide bonds. The van der Waals surface area contributed by atoms with Gasteiger partial charge in [0, 0.05) is 25.8 Å². The number of hydrogen-bond acceptors (Lipinski definition) is 4. The lowest BCUT2D eigenvalue weighted by atomic mass is 10.2. The van der Waals surface area contributed by atoms with E-state index in [-0.39, 0.29) is 12.1 Å². The molecule has 0 radical (unpaired) electrons. The standard InChI is InChI=1S/C16H21N5O2/c1-23-11-9-17-16(22)21-10-5-8-13(21)15-18-14(19-20-15)12-6-3-2-4-7-12/h2-4,6-7,13H,5,8-11H2,1H3,(H,17,22)(H,18,19,20). The molecule has 1 fully saturated rings. The average Bonchev–Trinajstić information content (AvgIpc) is 3.25. The summed E-state index contributed by atoms with van der Waals surface area (Å²) in [5.74, 6) is 1.40. The maximum atomic E-state index is 12.3. The van der Waals surface area contributed by atoms with Gasteiger partial charge in [0.2, 0.25) is 0 Å². The highest BCUT2D eigenvalue weighted by Crippen LogP contribution is 2.30. The lowest BCUT2D eigenvalue weighted by molar-refractivity contribution is 0.175. The van der Waals surface area contributed by atoms with E-state index >= 15 is 0 Å². The quantitative estimate of drug-likeness (QED) is 0.826. The van der Waals surface area contributed by atoms with Crippen molar-refractivity contribution in [2.24, 2.45) is 0 Å². The minimum absolute atomic E-state index is 0.0532. The Balaban J connectivity index is 1.71. The van der Waals surface area contributed by atoms with Gasteiger partial charge in [0.1, 0.15) is 5.82 Å². The van der Waals surface area contributed by atoms with Gasteiger partial charge in [-0.25, -0.2) is 9.78 Å². The second-order valence-electron chi connectivity index (χ2n) is 5.49. The van der Waals surface area contributed by atoms with E-state index in [0.717, 1.165) is 30.8 Å². The number of benzene rings is 1. The fraction of sp³-hybridized carbons (Fsp3) is 0.438. The van der Waals surface area contributed by atoms with Crippen molar-refractivity contribution in [3.05, 3.63) is 36.2 Å². The van der Waals surface area contributed by atoms with E-state index in [9.17, 15) is 4.79 Å². The summed E-state index contributed by atoms with van der Waals surface area (Å²) in [6.07, 6.45) is 1.85. The second kappa shape index (κ2) is 7.23. The third kappa shape index (κ3) is 3.50. The summed E-state index contributed by atoms with van der Waals surface area (Å²) in [7, 11) is 1.62. The number of amides is 2. The number of aromatic nitrogens is 3. The highest BCUT2D eigenvalue weighted by atomic mass is 16.5. The van der Waals surface area contributed by atoms with Crippen LogP contribution < -0.4 is 5.32 Å². The molecular weight excluding hydrogens is 294 g/mol. The number of nitrogens with zero attached hydrogens (tertiary/aromatic N) is 3. The summed E-state index contributed by atoms with van der Waals surface area (Å²) in [5.41, 5.74) is 0.962. The first-order valence-corrected chi connectivity index (χ1v) is 7.80. The average molecular weight is 315 g/mol. The van der Waals surface area contributed by atoms with E-state index in [1.807, 2.05) is 35.2 Å². The smallest absolute Gasteiger partial charge is 0.318 e. The highest BCUT2D eigenvalue weighted by Gasteiger charge is 2.32. The molecule has 1 aliphatic heterocycles. The number of ether oxygens (including phenoxy) is 1. The first-order chi connectivity index (χ1) is 11.3. The molecule has 1 aromatic carbocycles. The second-order valence-corrected chi connectivity index (χ2v) is 5.49. The zero-order valence-corrected chi connectivity index (χ0v) is 13.2. The van der Waals surface area contributed by atoms with Gasteiger partial charge in [-0.2, -0.15) is 5.10 Å². The van der Waals surface area contributed by atoms with Gasteiger partial charge in [0.15, 0.2) is 5.82 Å². The number of carbonyl (C=O) groups is 1. The zero-order valence-electron chi connectivity index (χ0n) is 13.2. The molecule has 0 spiro atoms. The first kappa shape index (κ1) is 15.5. The lowest BCUT2D eigenvalue weighted by Gasteiger charge is -2.23. The van der Waals surface area contributed by atoms with Crippen molar-refractivity contribution >= 4 is 6.03 Å². The summed E-state index contributed by atoms with van der Waals surface area (Å²) < 4.78 is 4.96. The van der Waals surface area contributed by atoms with E-state index in [1.165, 1.54) is 0 Å². The Hall–Kier alpha value is -2.41. The van der Waals surface area contributed by atoms with Crippen LogP contribution in [0.25, 0.3) is 11.4 Å². The molecule has 3 rings (SSSR count). The molecule has 1 aromatic heterocycles. The lowest BCUT2D eigenvalue weighted by Crippen LogP contribution is -2.41. The molecule has 0 saturated carbocycles. The third-order valence-electron chi connectivity index (χ3n) is 3.95. The van der Waals surface area contributed by atoms with Gasteiger partial charge in [-0.3, -0.25) is 5.10 Å². The van der Waals surface area contributed by atoms with Gasteiger partial charge in [-0.05, 0) is 12.8 Å². The molecular formula is C16H21N5O2. The van der Waals surface area contributed by atoms with Crippen molar-refractivity contribution in [1.29, 1.82) is 0 Å². The molecule has 2 aromatic rings. The van der Waals surface area contributed by atoms with Gasteiger partial charge in [0.05, 0.1) is 12.6 Å². The Morgan fingerprint density at radius 2 is 2.26 bits per heavy atom. The van der Waals surface area contributed by atoms with Crippen molar-refractivity contribution in [3.63, 3.8) is 0 Å². The van der Waals surface area contributed by atoms with Gasteiger partial charge < -0.3 is 15.0 Å². The van der Waals surface area contributed by atoms with Crippen LogP contribution in [-0.4, -0.2) is 52.9 Å². The molecule has 7 nitrogen and oxygen atoms in total. The van der Waals surface area contributed by atoms with Gasteiger partial charge in [0.25, 0.3) is 0 Å². The summed E-state index contributed by atoms with van der Waals surface area (Å²) in [4.78, 5) is 18.7. The van der Waals surface area contributed by atoms with Crippen LogP contribution >= 0.6 is 0 Å².